The van der Waals surface area contributed by atoms with E-state index in [-0.39, 0.29) is 0 Å². The predicted octanol–water partition coefficient (Wildman–Crippen LogP) is 2.56. The zero-order chi connectivity index (χ0) is 8.39. The minimum atomic E-state index is 0.301. The molecular weight excluding hydrogens is 170 g/mol. The summed E-state index contributed by atoms with van der Waals surface area (Å²) in [4.78, 5) is 5.72. The molecule has 0 spiro atoms. The highest BCUT2D eigenvalue weighted by Crippen LogP contribution is 2.31. The van der Waals surface area contributed by atoms with Crippen LogP contribution in [-0.4, -0.2) is 11.6 Å². The van der Waals surface area contributed by atoms with Crippen LogP contribution in [0.2, 0.25) is 0 Å². The molecule has 1 atom stereocenters. The fraction of sp³-hybridized carbons (Fsp3) is 0.667. The lowest BCUT2D eigenvalue weighted by Crippen LogP contribution is -1.93. The van der Waals surface area contributed by atoms with E-state index in [4.69, 9.17) is 4.74 Å². The lowest BCUT2D eigenvalue weighted by atomic mass is 10.2. The lowest BCUT2D eigenvalue weighted by molar-refractivity contribution is 0.111. The van der Waals surface area contributed by atoms with Gasteiger partial charge in [0.2, 0.25) is 0 Å². The molecule has 0 aromatic carbocycles. The van der Waals surface area contributed by atoms with E-state index in [0.717, 1.165) is 19.4 Å². The highest BCUT2D eigenvalue weighted by molar-refractivity contribution is 7.11. The van der Waals surface area contributed by atoms with Crippen LogP contribution in [-0.2, 0) is 11.2 Å². The number of aryl methyl sites for hydroxylation is 1. The first kappa shape index (κ1) is 8.20. The molecule has 0 saturated carbocycles. The smallest absolute Gasteiger partial charge is 0.122 e. The van der Waals surface area contributed by atoms with Crippen molar-refractivity contribution in [2.24, 2.45) is 0 Å². The molecule has 1 unspecified atom stereocenters. The molecule has 1 saturated heterocycles. The molecule has 1 fully saturated rings. The highest BCUT2D eigenvalue weighted by atomic mass is 32.1. The van der Waals surface area contributed by atoms with Crippen molar-refractivity contribution in [1.29, 1.82) is 0 Å². The molecule has 2 heterocycles. The van der Waals surface area contributed by atoms with Gasteiger partial charge in [0, 0.05) is 17.7 Å². The second kappa shape index (κ2) is 3.54. The number of aromatic nitrogens is 1. The second-order valence-corrected chi connectivity index (χ2v) is 4.17. The van der Waals surface area contributed by atoms with Gasteiger partial charge in [0.25, 0.3) is 0 Å². The summed E-state index contributed by atoms with van der Waals surface area (Å²) < 4.78 is 5.54. The normalized spacial score (nSPS) is 23.2. The summed E-state index contributed by atoms with van der Waals surface area (Å²) in [6, 6.07) is 0. The van der Waals surface area contributed by atoms with Gasteiger partial charge in [-0.25, -0.2) is 4.98 Å². The Bertz CT molecular complexity index is 253. The molecular formula is C9H13NOS. The standard InChI is InChI=1S/C9H13NOS/c1-2-7-6-10-9(12-7)8-4-3-5-11-8/h6,8H,2-5H2,1H3. The van der Waals surface area contributed by atoms with Crippen molar-refractivity contribution in [3.63, 3.8) is 0 Å². The van der Waals surface area contributed by atoms with Crippen molar-refractivity contribution in [3.8, 4) is 0 Å². The molecule has 1 aromatic rings. The first-order valence-electron chi connectivity index (χ1n) is 4.46. The second-order valence-electron chi connectivity index (χ2n) is 3.02. The Morgan fingerprint density at radius 2 is 2.67 bits per heavy atom. The van der Waals surface area contributed by atoms with Gasteiger partial charge in [-0.1, -0.05) is 6.92 Å². The van der Waals surface area contributed by atoms with Gasteiger partial charge in [0.05, 0.1) is 0 Å². The number of rotatable bonds is 2. The Hall–Kier alpha value is -0.410. The Morgan fingerprint density at radius 3 is 3.25 bits per heavy atom. The van der Waals surface area contributed by atoms with E-state index in [1.54, 1.807) is 11.3 Å². The van der Waals surface area contributed by atoms with E-state index in [1.807, 2.05) is 6.20 Å². The maximum Gasteiger partial charge on any atom is 0.122 e. The van der Waals surface area contributed by atoms with E-state index in [2.05, 4.69) is 11.9 Å². The van der Waals surface area contributed by atoms with E-state index >= 15 is 0 Å². The van der Waals surface area contributed by atoms with E-state index in [9.17, 15) is 0 Å². The first-order chi connectivity index (χ1) is 5.90. The first-order valence-corrected chi connectivity index (χ1v) is 5.28. The summed E-state index contributed by atoms with van der Waals surface area (Å²) >= 11 is 1.79. The summed E-state index contributed by atoms with van der Waals surface area (Å²) in [5.41, 5.74) is 0. The minimum absolute atomic E-state index is 0.301. The van der Waals surface area contributed by atoms with Crippen LogP contribution in [0.3, 0.4) is 0 Å². The molecule has 1 aromatic heterocycles. The minimum Gasteiger partial charge on any atom is -0.371 e. The fourth-order valence-electron chi connectivity index (χ4n) is 1.41. The van der Waals surface area contributed by atoms with Crippen LogP contribution in [0.5, 0.6) is 0 Å². The fourth-order valence-corrected chi connectivity index (χ4v) is 2.35. The van der Waals surface area contributed by atoms with Gasteiger partial charge in [-0.2, -0.15) is 0 Å². The molecule has 0 N–H and O–H groups in total. The van der Waals surface area contributed by atoms with Gasteiger partial charge < -0.3 is 4.74 Å². The van der Waals surface area contributed by atoms with Crippen LogP contribution < -0.4 is 0 Å². The van der Waals surface area contributed by atoms with Crippen LogP contribution >= 0.6 is 11.3 Å². The van der Waals surface area contributed by atoms with Crippen molar-refractivity contribution in [2.45, 2.75) is 32.3 Å². The van der Waals surface area contributed by atoms with E-state index in [0.29, 0.717) is 6.10 Å². The summed E-state index contributed by atoms with van der Waals surface area (Å²) in [7, 11) is 0. The number of hydrogen-bond acceptors (Lipinski definition) is 3. The van der Waals surface area contributed by atoms with E-state index < -0.39 is 0 Å². The topological polar surface area (TPSA) is 22.1 Å². The van der Waals surface area contributed by atoms with Gasteiger partial charge in [0.1, 0.15) is 11.1 Å². The quantitative estimate of drug-likeness (QED) is 0.703. The Kier molecular flexibility index (Phi) is 2.42. The maximum atomic E-state index is 5.54. The average molecular weight is 183 g/mol. The van der Waals surface area contributed by atoms with Crippen LogP contribution in [0.1, 0.15) is 35.8 Å². The van der Waals surface area contributed by atoms with E-state index in [1.165, 1.54) is 16.3 Å². The van der Waals surface area contributed by atoms with Gasteiger partial charge >= 0.3 is 0 Å². The van der Waals surface area contributed by atoms with Gasteiger partial charge in [-0.15, -0.1) is 11.3 Å². The number of nitrogens with zero attached hydrogens (tertiary/aromatic N) is 1. The maximum absolute atomic E-state index is 5.54. The van der Waals surface area contributed by atoms with Crippen molar-refractivity contribution >= 4 is 11.3 Å². The Morgan fingerprint density at radius 1 is 1.75 bits per heavy atom. The molecule has 1 aliphatic rings. The van der Waals surface area contributed by atoms with Crippen molar-refractivity contribution < 1.29 is 4.74 Å². The van der Waals surface area contributed by atoms with Gasteiger partial charge in [0.15, 0.2) is 0 Å². The van der Waals surface area contributed by atoms with Gasteiger partial charge in [-0.3, -0.25) is 0 Å². The molecule has 0 bridgehead atoms. The Labute approximate surface area is 76.6 Å². The van der Waals surface area contributed by atoms with Crippen LogP contribution in [0.4, 0.5) is 0 Å². The molecule has 2 rings (SSSR count). The van der Waals surface area contributed by atoms with Crippen LogP contribution in [0.15, 0.2) is 6.20 Å². The zero-order valence-corrected chi connectivity index (χ0v) is 8.06. The molecule has 0 radical (unpaired) electrons. The van der Waals surface area contributed by atoms with Crippen molar-refractivity contribution in [1.82, 2.24) is 4.98 Å². The molecule has 12 heavy (non-hydrogen) atoms. The summed E-state index contributed by atoms with van der Waals surface area (Å²) in [6.45, 7) is 3.07. The third-order valence-corrected chi connectivity index (χ3v) is 3.36. The third kappa shape index (κ3) is 1.52. The molecule has 0 amide bonds. The van der Waals surface area contributed by atoms with Crippen LogP contribution in [0, 0.1) is 0 Å². The predicted molar refractivity (Wildman–Crippen MR) is 49.4 cm³/mol. The zero-order valence-electron chi connectivity index (χ0n) is 7.25. The summed E-state index contributed by atoms with van der Waals surface area (Å²) in [5.74, 6) is 0. The van der Waals surface area contributed by atoms with Crippen LogP contribution in [0.25, 0.3) is 0 Å². The monoisotopic (exact) mass is 183 g/mol. The average Bonchev–Trinajstić information content (AvgIpc) is 2.75. The molecule has 3 heteroatoms. The third-order valence-electron chi connectivity index (χ3n) is 2.13. The van der Waals surface area contributed by atoms with Gasteiger partial charge in [-0.05, 0) is 19.3 Å². The largest absolute Gasteiger partial charge is 0.371 e. The molecule has 0 aliphatic carbocycles. The van der Waals surface area contributed by atoms with Crippen molar-refractivity contribution in [3.05, 3.63) is 16.1 Å². The number of hydrogen-bond donors (Lipinski definition) is 0. The number of thiazole rings is 1. The molecule has 1 aliphatic heterocycles. The molecule has 2 nitrogen and oxygen atoms in total. The summed E-state index contributed by atoms with van der Waals surface area (Å²) in [6.07, 6.45) is 5.70. The summed E-state index contributed by atoms with van der Waals surface area (Å²) in [5, 5.41) is 1.17. The number of ether oxygens (including phenoxy) is 1. The highest BCUT2D eigenvalue weighted by Gasteiger charge is 2.20. The lowest BCUT2D eigenvalue weighted by Gasteiger charge is -2.02. The SMILES string of the molecule is CCc1cnc(C2CCCO2)s1. The van der Waals surface area contributed by atoms with Crippen molar-refractivity contribution in [2.75, 3.05) is 6.61 Å². The Balaban J connectivity index is 2.11. The molecule has 66 valence electrons.